The van der Waals surface area contributed by atoms with Gasteiger partial charge in [-0.25, -0.2) is 5.84 Å². The van der Waals surface area contributed by atoms with Crippen molar-refractivity contribution in [3.63, 3.8) is 0 Å². The molecule has 90 valence electrons. The highest BCUT2D eigenvalue weighted by atomic mass is 32.1. The van der Waals surface area contributed by atoms with Gasteiger partial charge in [0.05, 0.1) is 0 Å². The highest BCUT2D eigenvalue weighted by Gasteiger charge is 2.37. The molecule has 0 saturated heterocycles. The average molecular weight is 232 g/mol. The van der Waals surface area contributed by atoms with Crippen molar-refractivity contribution >= 4 is 18.5 Å². The number of hydrazine groups is 1. The van der Waals surface area contributed by atoms with E-state index in [-0.39, 0.29) is 16.7 Å². The first-order valence-corrected chi connectivity index (χ1v) is 6.12. The van der Waals surface area contributed by atoms with Crippen molar-refractivity contribution in [2.75, 3.05) is 5.75 Å². The molecule has 0 radical (unpaired) electrons. The van der Waals surface area contributed by atoms with Gasteiger partial charge in [-0.15, -0.1) is 0 Å². The smallest absolute Gasteiger partial charge is 0.239 e. The quantitative estimate of drug-likeness (QED) is 0.284. The van der Waals surface area contributed by atoms with Crippen LogP contribution < -0.4 is 11.3 Å². The Balaban J connectivity index is 4.76. The number of rotatable bonds is 6. The molecule has 0 aliphatic carbocycles. The first-order chi connectivity index (χ1) is 6.87. The minimum absolute atomic E-state index is 0.0774. The van der Waals surface area contributed by atoms with E-state index in [2.05, 4.69) is 31.9 Å². The monoisotopic (exact) mass is 232 g/mol. The lowest BCUT2D eigenvalue weighted by atomic mass is 9.70. The van der Waals surface area contributed by atoms with E-state index in [0.717, 1.165) is 25.0 Å². The van der Waals surface area contributed by atoms with Crippen LogP contribution >= 0.6 is 12.6 Å². The van der Waals surface area contributed by atoms with Gasteiger partial charge in [-0.1, -0.05) is 27.7 Å². The summed E-state index contributed by atoms with van der Waals surface area (Å²) in [5, 5.41) is 0. The molecular weight excluding hydrogens is 208 g/mol. The largest absolute Gasteiger partial charge is 0.294 e. The van der Waals surface area contributed by atoms with Gasteiger partial charge in [0.2, 0.25) is 5.91 Å². The van der Waals surface area contributed by atoms with E-state index in [1.165, 1.54) is 0 Å². The summed E-state index contributed by atoms with van der Waals surface area (Å²) in [6.45, 7) is 8.28. The minimum Gasteiger partial charge on any atom is -0.294 e. The Labute approximate surface area is 98.6 Å². The van der Waals surface area contributed by atoms with Crippen LogP contribution in [0.2, 0.25) is 0 Å². The number of hydrogen-bond acceptors (Lipinski definition) is 3. The molecule has 0 saturated carbocycles. The highest BCUT2D eigenvalue weighted by molar-refractivity contribution is 7.80. The summed E-state index contributed by atoms with van der Waals surface area (Å²) in [4.78, 5) is 11.7. The molecule has 15 heavy (non-hydrogen) atoms. The SMILES string of the molecule is CCC(C)(CS)CC(C)(CC)C(=O)NN. The van der Waals surface area contributed by atoms with Crippen LogP contribution in [0.25, 0.3) is 0 Å². The number of hydrogen-bond donors (Lipinski definition) is 3. The fourth-order valence-corrected chi connectivity index (χ4v) is 2.11. The van der Waals surface area contributed by atoms with Gasteiger partial charge < -0.3 is 0 Å². The Bertz CT molecular complexity index is 217. The summed E-state index contributed by atoms with van der Waals surface area (Å²) in [5.74, 6) is 5.93. The molecule has 1 amide bonds. The van der Waals surface area contributed by atoms with Gasteiger partial charge in [-0.3, -0.25) is 10.2 Å². The molecule has 4 heteroatoms. The normalized spacial score (nSPS) is 19.1. The highest BCUT2D eigenvalue weighted by Crippen LogP contribution is 2.39. The van der Waals surface area contributed by atoms with Crippen molar-refractivity contribution in [1.82, 2.24) is 5.43 Å². The topological polar surface area (TPSA) is 55.1 Å². The molecule has 2 unspecified atom stereocenters. The second kappa shape index (κ2) is 5.75. The van der Waals surface area contributed by atoms with E-state index in [9.17, 15) is 4.79 Å². The molecule has 2 atom stereocenters. The van der Waals surface area contributed by atoms with Crippen LogP contribution in [0.4, 0.5) is 0 Å². The lowest BCUT2D eigenvalue weighted by molar-refractivity contribution is -0.132. The molecule has 0 spiro atoms. The van der Waals surface area contributed by atoms with Crippen molar-refractivity contribution in [3.05, 3.63) is 0 Å². The van der Waals surface area contributed by atoms with E-state index >= 15 is 0 Å². The first-order valence-electron chi connectivity index (χ1n) is 5.49. The summed E-state index contributed by atoms with van der Waals surface area (Å²) >= 11 is 4.37. The van der Waals surface area contributed by atoms with Crippen molar-refractivity contribution < 1.29 is 4.79 Å². The van der Waals surface area contributed by atoms with Crippen LogP contribution in [0.3, 0.4) is 0 Å². The summed E-state index contributed by atoms with van der Waals surface area (Å²) in [7, 11) is 0. The Hall–Kier alpha value is -0.220. The van der Waals surface area contributed by atoms with Gasteiger partial charge in [0.15, 0.2) is 0 Å². The zero-order valence-electron chi connectivity index (χ0n) is 10.3. The summed E-state index contributed by atoms with van der Waals surface area (Å²) in [6.07, 6.45) is 2.63. The second-order valence-electron chi connectivity index (χ2n) is 4.89. The fourth-order valence-electron chi connectivity index (χ4n) is 1.77. The van der Waals surface area contributed by atoms with Gasteiger partial charge in [0.1, 0.15) is 0 Å². The Kier molecular flexibility index (Phi) is 5.67. The zero-order valence-corrected chi connectivity index (χ0v) is 11.2. The third-order valence-corrected chi connectivity index (χ3v) is 4.28. The van der Waals surface area contributed by atoms with Crippen LogP contribution in [-0.2, 0) is 4.79 Å². The third-order valence-electron chi connectivity index (χ3n) is 3.51. The Morgan fingerprint density at radius 1 is 1.33 bits per heavy atom. The summed E-state index contributed by atoms with van der Waals surface area (Å²) in [5.41, 5.74) is 1.97. The number of thiol groups is 1. The summed E-state index contributed by atoms with van der Waals surface area (Å²) in [6, 6.07) is 0. The molecule has 3 nitrogen and oxygen atoms in total. The van der Waals surface area contributed by atoms with Gasteiger partial charge in [-0.05, 0) is 30.4 Å². The van der Waals surface area contributed by atoms with E-state index in [1.54, 1.807) is 0 Å². The molecule has 3 N–H and O–H groups in total. The summed E-state index contributed by atoms with van der Waals surface area (Å²) < 4.78 is 0. The lowest BCUT2D eigenvalue weighted by Crippen LogP contribution is -2.45. The lowest BCUT2D eigenvalue weighted by Gasteiger charge is -2.36. The van der Waals surface area contributed by atoms with Crippen LogP contribution in [0.15, 0.2) is 0 Å². The molecule has 0 fully saturated rings. The number of amides is 1. The Morgan fingerprint density at radius 3 is 2.13 bits per heavy atom. The predicted octanol–water partition coefficient (Wildman–Crippen LogP) is 2.13. The maximum atomic E-state index is 11.7. The molecule has 0 aromatic rings. The minimum atomic E-state index is -0.387. The van der Waals surface area contributed by atoms with Crippen molar-refractivity contribution in [2.45, 2.75) is 47.0 Å². The number of carbonyl (C=O) groups is 1. The standard InChI is InChI=1S/C11H24N2OS/c1-5-10(3,8-15)7-11(4,6-2)9(14)13-12/h15H,5-8,12H2,1-4H3,(H,13,14). The fraction of sp³-hybridized carbons (Fsp3) is 0.909. The van der Waals surface area contributed by atoms with Crippen LogP contribution in [0.5, 0.6) is 0 Å². The maximum absolute atomic E-state index is 11.7. The molecule has 0 rings (SSSR count). The average Bonchev–Trinajstić information content (AvgIpc) is 2.27. The molecule has 0 heterocycles. The molecule has 0 aliphatic heterocycles. The molecular formula is C11H24N2OS. The van der Waals surface area contributed by atoms with Crippen LogP contribution in [0, 0.1) is 10.8 Å². The molecule has 0 aromatic heterocycles. The zero-order chi connectivity index (χ0) is 12.1. The number of nitrogens with two attached hydrogens (primary N) is 1. The van der Waals surface area contributed by atoms with Crippen LogP contribution in [-0.4, -0.2) is 11.7 Å². The third kappa shape index (κ3) is 3.68. The van der Waals surface area contributed by atoms with Gasteiger partial charge in [0.25, 0.3) is 0 Å². The van der Waals surface area contributed by atoms with E-state index < -0.39 is 0 Å². The van der Waals surface area contributed by atoms with Gasteiger partial charge in [-0.2, -0.15) is 12.6 Å². The van der Waals surface area contributed by atoms with Gasteiger partial charge >= 0.3 is 0 Å². The number of carbonyl (C=O) groups excluding carboxylic acids is 1. The Morgan fingerprint density at radius 2 is 1.87 bits per heavy atom. The van der Waals surface area contributed by atoms with Crippen molar-refractivity contribution in [1.29, 1.82) is 0 Å². The van der Waals surface area contributed by atoms with E-state index in [0.29, 0.717) is 0 Å². The van der Waals surface area contributed by atoms with Crippen molar-refractivity contribution in [2.24, 2.45) is 16.7 Å². The van der Waals surface area contributed by atoms with E-state index in [1.807, 2.05) is 13.8 Å². The van der Waals surface area contributed by atoms with Crippen molar-refractivity contribution in [3.8, 4) is 0 Å². The molecule has 0 aromatic carbocycles. The molecule has 0 aliphatic rings. The van der Waals surface area contributed by atoms with Crippen LogP contribution in [0.1, 0.15) is 47.0 Å². The van der Waals surface area contributed by atoms with E-state index in [4.69, 9.17) is 5.84 Å². The maximum Gasteiger partial charge on any atom is 0.239 e. The second-order valence-corrected chi connectivity index (χ2v) is 5.20. The first kappa shape index (κ1) is 14.8. The molecule has 0 bridgehead atoms. The predicted molar refractivity (Wildman–Crippen MR) is 67.6 cm³/mol. The van der Waals surface area contributed by atoms with Gasteiger partial charge in [0, 0.05) is 5.41 Å². The number of nitrogens with one attached hydrogen (secondary N) is 1.